The first kappa shape index (κ1) is 21.9. The highest BCUT2D eigenvalue weighted by Crippen LogP contribution is 2.31. The number of amides is 1. The number of rotatable bonds is 7. The molecule has 0 spiro atoms. The second-order valence-corrected chi connectivity index (χ2v) is 8.69. The number of fused-ring (bicyclic) bond motifs is 2. The van der Waals surface area contributed by atoms with Crippen LogP contribution in [0.5, 0.6) is 5.75 Å². The number of nitrogens with one attached hydrogen (secondary N) is 2. The molecular formula is C26H22BrN5O2. The first-order valence-corrected chi connectivity index (χ1v) is 11.7. The first-order chi connectivity index (χ1) is 16.6. The van der Waals surface area contributed by atoms with Crippen molar-refractivity contribution in [2.45, 2.75) is 6.42 Å². The van der Waals surface area contributed by atoms with E-state index in [2.05, 4.69) is 36.6 Å². The Kier molecular flexibility index (Phi) is 6.14. The molecule has 3 aromatic carbocycles. The van der Waals surface area contributed by atoms with E-state index in [4.69, 9.17) is 0 Å². The molecular weight excluding hydrogens is 494 g/mol. The molecule has 0 radical (unpaired) electrons. The number of carbonyl (C=O) groups is 1. The molecule has 2 heterocycles. The predicted molar refractivity (Wildman–Crippen MR) is 137 cm³/mol. The van der Waals surface area contributed by atoms with Crippen molar-refractivity contribution in [3.63, 3.8) is 0 Å². The van der Waals surface area contributed by atoms with Gasteiger partial charge in [-0.1, -0.05) is 48.5 Å². The van der Waals surface area contributed by atoms with Gasteiger partial charge in [0.1, 0.15) is 11.6 Å². The van der Waals surface area contributed by atoms with E-state index in [0.29, 0.717) is 42.0 Å². The summed E-state index contributed by atoms with van der Waals surface area (Å²) in [5.41, 5.74) is 2.60. The Morgan fingerprint density at radius 1 is 1.00 bits per heavy atom. The monoisotopic (exact) mass is 515 g/mol. The summed E-state index contributed by atoms with van der Waals surface area (Å²) >= 11 is 3.49. The topological polar surface area (TPSA) is 91.5 Å². The zero-order chi connectivity index (χ0) is 23.5. The van der Waals surface area contributed by atoms with Crippen LogP contribution in [0.1, 0.15) is 16.8 Å². The summed E-state index contributed by atoms with van der Waals surface area (Å²) in [4.78, 5) is 17.4. The molecule has 1 amide bonds. The van der Waals surface area contributed by atoms with Crippen LogP contribution < -0.4 is 10.6 Å². The molecule has 0 fully saturated rings. The fourth-order valence-electron chi connectivity index (χ4n) is 3.92. The van der Waals surface area contributed by atoms with E-state index in [1.54, 1.807) is 22.8 Å². The summed E-state index contributed by atoms with van der Waals surface area (Å²) in [6.45, 7) is 1.14. The smallest absolute Gasteiger partial charge is 0.251 e. The number of nitrogens with zero attached hydrogens (tertiary/aromatic N) is 3. The van der Waals surface area contributed by atoms with Crippen molar-refractivity contribution in [1.82, 2.24) is 19.9 Å². The van der Waals surface area contributed by atoms with Crippen LogP contribution in [0.15, 0.2) is 83.5 Å². The minimum atomic E-state index is -0.0825. The largest absolute Gasteiger partial charge is 0.507 e. The van der Waals surface area contributed by atoms with E-state index in [9.17, 15) is 9.90 Å². The summed E-state index contributed by atoms with van der Waals surface area (Å²) in [5, 5.41) is 23.0. The van der Waals surface area contributed by atoms with Gasteiger partial charge in [0.15, 0.2) is 5.65 Å². The number of benzene rings is 3. The Morgan fingerprint density at radius 3 is 2.68 bits per heavy atom. The maximum Gasteiger partial charge on any atom is 0.251 e. The molecule has 7 nitrogen and oxygen atoms in total. The lowest BCUT2D eigenvalue weighted by Crippen LogP contribution is -2.26. The molecule has 0 atom stereocenters. The van der Waals surface area contributed by atoms with Crippen molar-refractivity contribution in [2.24, 2.45) is 0 Å². The summed E-state index contributed by atoms with van der Waals surface area (Å²) in [5.74, 6) is 0.826. The Bertz CT molecular complexity index is 1490. The van der Waals surface area contributed by atoms with Gasteiger partial charge in [0, 0.05) is 30.3 Å². The Balaban J connectivity index is 1.26. The highest BCUT2D eigenvalue weighted by molar-refractivity contribution is 9.10. The van der Waals surface area contributed by atoms with E-state index in [1.165, 1.54) is 0 Å². The average molecular weight is 516 g/mol. The summed E-state index contributed by atoms with van der Waals surface area (Å²) < 4.78 is 2.47. The number of aromatic nitrogens is 3. The maximum absolute atomic E-state index is 12.7. The number of aromatic hydroxyl groups is 1. The molecule has 0 aliphatic rings. The zero-order valence-electron chi connectivity index (χ0n) is 18.2. The minimum Gasteiger partial charge on any atom is -0.507 e. The first-order valence-electron chi connectivity index (χ1n) is 10.9. The number of hydrogen-bond acceptors (Lipinski definition) is 5. The van der Waals surface area contributed by atoms with Gasteiger partial charge in [0.05, 0.1) is 16.4 Å². The minimum absolute atomic E-state index is 0.0825. The van der Waals surface area contributed by atoms with Gasteiger partial charge in [-0.25, -0.2) is 4.98 Å². The normalized spacial score (nSPS) is 11.1. The highest BCUT2D eigenvalue weighted by atomic mass is 79.9. The fraction of sp³-hybridized carbons (Fsp3) is 0.115. The third-order valence-electron chi connectivity index (χ3n) is 5.59. The second-order valence-electron chi connectivity index (χ2n) is 7.83. The Hall–Kier alpha value is -3.91. The van der Waals surface area contributed by atoms with E-state index in [-0.39, 0.29) is 11.7 Å². The van der Waals surface area contributed by atoms with Crippen LogP contribution in [0.2, 0.25) is 0 Å². The number of hydrogen-bond donors (Lipinski definition) is 3. The molecule has 5 aromatic rings. The molecule has 3 N–H and O–H groups in total. The molecule has 170 valence electrons. The van der Waals surface area contributed by atoms with Crippen molar-refractivity contribution in [2.75, 3.05) is 18.4 Å². The number of anilines is 1. The van der Waals surface area contributed by atoms with Crippen molar-refractivity contribution in [1.29, 1.82) is 0 Å². The molecule has 0 saturated heterocycles. The van der Waals surface area contributed by atoms with Crippen LogP contribution in [0, 0.1) is 0 Å². The third-order valence-corrected chi connectivity index (χ3v) is 6.15. The van der Waals surface area contributed by atoms with Gasteiger partial charge in [-0.3, -0.25) is 4.79 Å². The lowest BCUT2D eigenvalue weighted by Gasteiger charge is -2.12. The van der Waals surface area contributed by atoms with Gasteiger partial charge in [0.2, 0.25) is 0 Å². The SMILES string of the molecule is O=C(NCCCNc1cc(-c2ccccc2O)nc2c(Br)cnn12)c1cccc2ccccc12. The van der Waals surface area contributed by atoms with Crippen LogP contribution in [0.4, 0.5) is 5.82 Å². The van der Waals surface area contributed by atoms with Gasteiger partial charge in [-0.2, -0.15) is 9.61 Å². The van der Waals surface area contributed by atoms with E-state index >= 15 is 0 Å². The number of phenolic OH excluding ortho intramolecular Hbond substituents is 1. The van der Waals surface area contributed by atoms with Crippen LogP contribution in [-0.2, 0) is 0 Å². The van der Waals surface area contributed by atoms with E-state index < -0.39 is 0 Å². The van der Waals surface area contributed by atoms with Crippen molar-refractivity contribution in [3.05, 3.63) is 89.0 Å². The molecule has 0 saturated carbocycles. The lowest BCUT2D eigenvalue weighted by atomic mass is 10.0. The van der Waals surface area contributed by atoms with Crippen LogP contribution >= 0.6 is 15.9 Å². The fourth-order valence-corrected chi connectivity index (χ4v) is 4.26. The van der Waals surface area contributed by atoms with Gasteiger partial charge in [-0.15, -0.1) is 0 Å². The van der Waals surface area contributed by atoms with Gasteiger partial charge in [-0.05, 0) is 51.3 Å². The Morgan fingerprint density at radius 2 is 1.79 bits per heavy atom. The quantitative estimate of drug-likeness (QED) is 0.257. The number of carbonyl (C=O) groups excluding carboxylic acids is 1. The summed E-state index contributed by atoms with van der Waals surface area (Å²) in [6, 6.07) is 22.6. The molecule has 8 heteroatoms. The number of phenols is 1. The van der Waals surface area contributed by atoms with Gasteiger partial charge < -0.3 is 15.7 Å². The molecule has 5 rings (SSSR count). The van der Waals surface area contributed by atoms with Crippen LogP contribution in [0.25, 0.3) is 27.7 Å². The summed E-state index contributed by atoms with van der Waals surface area (Å²) in [7, 11) is 0. The molecule has 34 heavy (non-hydrogen) atoms. The Labute approximate surface area is 204 Å². The molecule has 2 aromatic heterocycles. The maximum atomic E-state index is 12.7. The lowest BCUT2D eigenvalue weighted by molar-refractivity contribution is 0.0955. The van der Waals surface area contributed by atoms with Crippen molar-refractivity contribution >= 4 is 44.1 Å². The third kappa shape index (κ3) is 4.32. The van der Waals surface area contributed by atoms with Crippen LogP contribution in [0.3, 0.4) is 0 Å². The van der Waals surface area contributed by atoms with E-state index in [1.807, 2.05) is 60.7 Å². The molecule has 0 aliphatic carbocycles. The number of halogens is 1. The standard InChI is InChI=1S/C26H22BrN5O2/c27-21-16-30-32-24(15-22(31-25(21)32)20-10-3-4-12-23(20)33)28-13-6-14-29-26(34)19-11-5-8-17-7-1-2-9-18(17)19/h1-5,7-12,15-16,28,33H,6,13-14H2,(H,29,34). The average Bonchev–Trinajstić information content (AvgIpc) is 3.24. The van der Waals surface area contributed by atoms with E-state index in [0.717, 1.165) is 21.1 Å². The van der Waals surface area contributed by atoms with Crippen molar-refractivity contribution in [3.8, 4) is 17.0 Å². The molecule has 0 aliphatic heterocycles. The second kappa shape index (κ2) is 9.52. The predicted octanol–water partition coefficient (Wildman–Crippen LogP) is 5.25. The molecule has 0 bridgehead atoms. The number of para-hydroxylation sites is 1. The van der Waals surface area contributed by atoms with Gasteiger partial charge >= 0.3 is 0 Å². The highest BCUT2D eigenvalue weighted by Gasteiger charge is 2.14. The molecule has 0 unspecified atom stereocenters. The van der Waals surface area contributed by atoms with Gasteiger partial charge in [0.25, 0.3) is 5.91 Å². The van der Waals surface area contributed by atoms with Crippen molar-refractivity contribution < 1.29 is 9.90 Å². The summed E-state index contributed by atoms with van der Waals surface area (Å²) in [6.07, 6.45) is 2.40. The van der Waals surface area contributed by atoms with Crippen LogP contribution in [-0.4, -0.2) is 38.7 Å². The zero-order valence-corrected chi connectivity index (χ0v) is 19.8.